The Balaban J connectivity index is 1.63. The maximum Gasteiger partial charge on any atom is 0.227 e. The maximum absolute atomic E-state index is 13.5. The van der Waals surface area contributed by atoms with Crippen LogP contribution in [-0.2, 0) is 11.2 Å². The Morgan fingerprint density at radius 1 is 1.03 bits per heavy atom. The molecule has 1 aromatic heterocycles. The molecule has 0 spiro atoms. The highest BCUT2D eigenvalue weighted by Gasteiger charge is 2.24. The quantitative estimate of drug-likeness (QED) is 0.435. The molecule has 0 saturated heterocycles. The summed E-state index contributed by atoms with van der Waals surface area (Å²) in [7, 11) is 3.37. The summed E-state index contributed by atoms with van der Waals surface area (Å²) >= 11 is 0. The molecule has 30 heavy (non-hydrogen) atoms. The van der Waals surface area contributed by atoms with Gasteiger partial charge in [0.05, 0.1) is 25.8 Å². The van der Waals surface area contributed by atoms with Gasteiger partial charge in [-0.25, -0.2) is 4.39 Å². The predicted octanol–water partition coefficient (Wildman–Crippen LogP) is 5.37. The smallest absolute Gasteiger partial charge is 0.227 e. The van der Waals surface area contributed by atoms with Gasteiger partial charge in [0.1, 0.15) is 17.1 Å². The van der Waals surface area contributed by atoms with Gasteiger partial charge in [-0.1, -0.05) is 42.5 Å². The summed E-state index contributed by atoms with van der Waals surface area (Å²) in [4.78, 5) is 14.9. The molecule has 0 aliphatic rings. The Morgan fingerprint density at radius 3 is 2.43 bits per heavy atom. The van der Waals surface area contributed by atoms with Crippen molar-refractivity contribution in [2.24, 2.45) is 0 Å². The zero-order chi connectivity index (χ0) is 21.1. The second kappa shape index (κ2) is 8.41. The second-order valence-corrected chi connectivity index (χ2v) is 7.17. The van der Waals surface area contributed by atoms with E-state index in [-0.39, 0.29) is 24.2 Å². The summed E-state index contributed by atoms with van der Waals surface area (Å²) in [6.07, 6.45) is 1.81. The number of hydrogen-bond donors (Lipinski definition) is 0. The van der Waals surface area contributed by atoms with Crippen molar-refractivity contribution >= 4 is 16.9 Å². The molecule has 0 fully saturated rings. The summed E-state index contributed by atoms with van der Waals surface area (Å²) in [5.74, 6) is 0.332. The number of hydrogen-bond acceptors (Lipinski definition) is 3. The van der Waals surface area contributed by atoms with Crippen molar-refractivity contribution in [2.75, 3.05) is 14.2 Å². The highest BCUT2D eigenvalue weighted by Crippen LogP contribution is 2.30. The third-order valence-corrected chi connectivity index (χ3v) is 5.29. The number of rotatable bonds is 6. The van der Waals surface area contributed by atoms with Crippen molar-refractivity contribution in [1.82, 2.24) is 4.90 Å². The summed E-state index contributed by atoms with van der Waals surface area (Å²) in [6, 6.07) is 21.2. The molecule has 4 nitrogen and oxygen atoms in total. The van der Waals surface area contributed by atoms with Crippen LogP contribution in [0.1, 0.15) is 22.7 Å². The third-order valence-electron chi connectivity index (χ3n) is 5.29. The van der Waals surface area contributed by atoms with Crippen LogP contribution < -0.4 is 4.74 Å². The number of carbonyl (C=O) groups is 1. The van der Waals surface area contributed by atoms with Gasteiger partial charge in [0.2, 0.25) is 5.91 Å². The minimum Gasteiger partial charge on any atom is -0.497 e. The Morgan fingerprint density at radius 2 is 1.73 bits per heavy atom. The molecule has 0 aliphatic carbocycles. The molecule has 0 N–H and O–H groups in total. The van der Waals surface area contributed by atoms with Gasteiger partial charge in [0, 0.05) is 24.1 Å². The van der Waals surface area contributed by atoms with Gasteiger partial charge in [-0.15, -0.1) is 0 Å². The molecular weight excluding hydrogens is 381 g/mol. The molecule has 1 heterocycles. The number of fused-ring (bicyclic) bond motifs is 1. The number of halogens is 1. The minimum absolute atomic E-state index is 0.0632. The van der Waals surface area contributed by atoms with Crippen LogP contribution in [0.3, 0.4) is 0 Å². The van der Waals surface area contributed by atoms with Crippen molar-refractivity contribution in [3.8, 4) is 5.75 Å². The van der Waals surface area contributed by atoms with Gasteiger partial charge in [-0.2, -0.15) is 0 Å². The zero-order valence-electron chi connectivity index (χ0n) is 16.8. The maximum atomic E-state index is 13.5. The van der Waals surface area contributed by atoms with Gasteiger partial charge in [-0.05, 0) is 35.4 Å². The van der Waals surface area contributed by atoms with Crippen LogP contribution in [0.25, 0.3) is 11.0 Å². The van der Waals surface area contributed by atoms with E-state index in [1.54, 1.807) is 43.5 Å². The Labute approximate surface area is 174 Å². The summed E-state index contributed by atoms with van der Waals surface area (Å²) < 4.78 is 24.3. The standard InChI is InChI=1S/C25H22FNO3/c1-27(24(28)14-19-16-30-23-15-21(29-2)12-13-22(19)23)25(17-6-4-3-5-7-17)18-8-10-20(26)11-9-18/h3-13,15-16,25H,14H2,1-2H3. The number of benzene rings is 3. The molecular formula is C25H22FNO3. The first kappa shape index (κ1) is 19.7. The number of carbonyl (C=O) groups excluding carboxylic acids is 1. The number of nitrogens with zero attached hydrogens (tertiary/aromatic N) is 1. The van der Waals surface area contributed by atoms with Gasteiger partial charge < -0.3 is 14.1 Å². The molecule has 4 aromatic rings. The molecule has 152 valence electrons. The van der Waals surface area contributed by atoms with E-state index in [1.807, 2.05) is 42.5 Å². The SMILES string of the molecule is COc1ccc2c(CC(=O)N(C)C(c3ccccc3)c3ccc(F)cc3)coc2c1. The lowest BCUT2D eigenvalue weighted by Crippen LogP contribution is -2.33. The molecule has 1 unspecified atom stereocenters. The minimum atomic E-state index is -0.322. The van der Waals surface area contributed by atoms with Crippen molar-refractivity contribution in [1.29, 1.82) is 0 Å². The fourth-order valence-corrected chi connectivity index (χ4v) is 3.68. The number of amides is 1. The molecule has 0 aliphatic heterocycles. The molecule has 0 radical (unpaired) electrons. The zero-order valence-corrected chi connectivity index (χ0v) is 16.8. The molecule has 3 aromatic carbocycles. The van der Waals surface area contributed by atoms with Crippen LogP contribution in [-0.4, -0.2) is 25.0 Å². The predicted molar refractivity (Wildman–Crippen MR) is 114 cm³/mol. The average molecular weight is 403 g/mol. The van der Waals surface area contributed by atoms with Crippen LogP contribution in [0.4, 0.5) is 4.39 Å². The van der Waals surface area contributed by atoms with E-state index in [1.165, 1.54) is 12.1 Å². The Hall–Kier alpha value is -3.60. The van der Waals surface area contributed by atoms with Crippen LogP contribution in [0.5, 0.6) is 5.75 Å². The average Bonchev–Trinajstić information content (AvgIpc) is 3.17. The van der Waals surface area contributed by atoms with Crippen LogP contribution in [0, 0.1) is 5.82 Å². The van der Waals surface area contributed by atoms with Crippen LogP contribution >= 0.6 is 0 Å². The van der Waals surface area contributed by atoms with Crippen molar-refractivity contribution in [3.63, 3.8) is 0 Å². The lowest BCUT2D eigenvalue weighted by molar-refractivity contribution is -0.130. The van der Waals surface area contributed by atoms with Gasteiger partial charge in [0.15, 0.2) is 0 Å². The lowest BCUT2D eigenvalue weighted by Gasteiger charge is -2.29. The normalized spacial score (nSPS) is 12.0. The van der Waals surface area contributed by atoms with Crippen LogP contribution in [0.15, 0.2) is 83.5 Å². The number of furan rings is 1. The fourth-order valence-electron chi connectivity index (χ4n) is 3.68. The molecule has 5 heteroatoms. The number of likely N-dealkylation sites (N-methyl/N-ethyl adjacent to an activating group) is 1. The molecule has 1 atom stereocenters. The molecule has 1 amide bonds. The van der Waals surface area contributed by atoms with Crippen molar-refractivity contribution < 1.29 is 18.3 Å². The monoisotopic (exact) mass is 403 g/mol. The van der Waals surface area contributed by atoms with Crippen molar-refractivity contribution in [2.45, 2.75) is 12.5 Å². The van der Waals surface area contributed by atoms with E-state index >= 15 is 0 Å². The van der Waals surface area contributed by atoms with E-state index in [2.05, 4.69) is 0 Å². The first-order valence-corrected chi connectivity index (χ1v) is 9.67. The third kappa shape index (κ3) is 3.92. The van der Waals surface area contributed by atoms with E-state index < -0.39 is 0 Å². The van der Waals surface area contributed by atoms with Crippen molar-refractivity contribution in [3.05, 3.63) is 102 Å². The Kier molecular flexibility index (Phi) is 5.53. The van der Waals surface area contributed by atoms with Gasteiger partial charge in [-0.3, -0.25) is 4.79 Å². The van der Waals surface area contributed by atoms with Crippen LogP contribution in [0.2, 0.25) is 0 Å². The topological polar surface area (TPSA) is 42.7 Å². The van der Waals surface area contributed by atoms with Gasteiger partial charge >= 0.3 is 0 Å². The molecule has 0 bridgehead atoms. The summed E-state index contributed by atoms with van der Waals surface area (Å²) in [6.45, 7) is 0. The van der Waals surface area contributed by atoms with E-state index in [0.29, 0.717) is 11.3 Å². The first-order chi connectivity index (χ1) is 14.6. The second-order valence-electron chi connectivity index (χ2n) is 7.17. The summed E-state index contributed by atoms with van der Waals surface area (Å²) in [5, 5.41) is 0.885. The lowest BCUT2D eigenvalue weighted by atomic mass is 9.96. The fraction of sp³-hybridized carbons (Fsp3) is 0.160. The molecule has 0 saturated carbocycles. The van der Waals surface area contributed by atoms with E-state index in [4.69, 9.17) is 9.15 Å². The largest absolute Gasteiger partial charge is 0.497 e. The highest BCUT2D eigenvalue weighted by atomic mass is 19.1. The number of methoxy groups -OCH3 is 1. The Bertz CT molecular complexity index is 1150. The van der Waals surface area contributed by atoms with E-state index in [9.17, 15) is 9.18 Å². The molecule has 4 rings (SSSR count). The van der Waals surface area contributed by atoms with E-state index in [0.717, 1.165) is 22.1 Å². The summed E-state index contributed by atoms with van der Waals surface area (Å²) in [5.41, 5.74) is 3.30. The van der Waals surface area contributed by atoms with Gasteiger partial charge in [0.25, 0.3) is 0 Å². The highest BCUT2D eigenvalue weighted by molar-refractivity contribution is 5.88. The number of ether oxygens (including phenoxy) is 1. The first-order valence-electron chi connectivity index (χ1n) is 9.67.